The number of aliphatic hydroxyl groups is 2. The molecule has 0 bridgehead atoms. The van der Waals surface area contributed by atoms with Crippen LogP contribution in [0.5, 0.6) is 0 Å². The summed E-state index contributed by atoms with van der Waals surface area (Å²) in [5.41, 5.74) is 1.52. The first-order valence-corrected chi connectivity index (χ1v) is 9.45. The third-order valence-electron chi connectivity index (χ3n) is 5.38. The molecule has 0 radical (unpaired) electrons. The standard InChI is InChI=1S/C22H25NO6/c1-28-21(26)19-17(12-24)18(13-25)23(20(19)16-10-6-3-7-11-16)22(27)29-14-15-8-4-2-5-9-15/h2-11,17-20,24-25H,12-14H2,1H3/t17-,18+,19+,20+/m1/s1. The molecule has 1 amide bonds. The first-order chi connectivity index (χ1) is 14.1. The van der Waals surface area contributed by atoms with E-state index < -0.39 is 42.6 Å². The fraction of sp³-hybridized carbons (Fsp3) is 0.364. The van der Waals surface area contributed by atoms with Crippen LogP contribution >= 0.6 is 0 Å². The number of methoxy groups -OCH3 is 1. The van der Waals surface area contributed by atoms with Crippen molar-refractivity contribution in [2.45, 2.75) is 18.7 Å². The van der Waals surface area contributed by atoms with Crippen LogP contribution in [0.2, 0.25) is 0 Å². The van der Waals surface area contributed by atoms with Crippen LogP contribution in [0.1, 0.15) is 17.2 Å². The summed E-state index contributed by atoms with van der Waals surface area (Å²) < 4.78 is 10.5. The van der Waals surface area contributed by atoms with Gasteiger partial charge in [0.25, 0.3) is 0 Å². The molecule has 0 unspecified atom stereocenters. The van der Waals surface area contributed by atoms with Crippen LogP contribution in [0.15, 0.2) is 60.7 Å². The van der Waals surface area contributed by atoms with Gasteiger partial charge in [-0.05, 0) is 11.1 Å². The van der Waals surface area contributed by atoms with E-state index in [1.54, 1.807) is 24.3 Å². The zero-order valence-electron chi connectivity index (χ0n) is 16.2. The summed E-state index contributed by atoms with van der Waals surface area (Å²) in [4.78, 5) is 27.0. The number of amides is 1. The summed E-state index contributed by atoms with van der Waals surface area (Å²) in [7, 11) is 1.27. The van der Waals surface area contributed by atoms with Gasteiger partial charge in [-0.15, -0.1) is 0 Å². The topological polar surface area (TPSA) is 96.3 Å². The first kappa shape index (κ1) is 20.8. The van der Waals surface area contributed by atoms with E-state index in [9.17, 15) is 19.8 Å². The number of likely N-dealkylation sites (tertiary alicyclic amines) is 1. The van der Waals surface area contributed by atoms with E-state index in [4.69, 9.17) is 9.47 Å². The number of benzene rings is 2. The Hall–Kier alpha value is -2.90. The van der Waals surface area contributed by atoms with E-state index in [1.807, 2.05) is 36.4 Å². The van der Waals surface area contributed by atoms with Gasteiger partial charge in [0.05, 0.1) is 31.7 Å². The molecule has 2 aromatic rings. The Balaban J connectivity index is 1.95. The van der Waals surface area contributed by atoms with Gasteiger partial charge in [0, 0.05) is 12.5 Å². The minimum atomic E-state index is -0.825. The Kier molecular flexibility index (Phi) is 6.85. The van der Waals surface area contributed by atoms with Gasteiger partial charge in [0.1, 0.15) is 6.61 Å². The molecule has 1 fully saturated rings. The van der Waals surface area contributed by atoms with Gasteiger partial charge < -0.3 is 19.7 Å². The Labute approximate surface area is 169 Å². The van der Waals surface area contributed by atoms with Gasteiger partial charge >= 0.3 is 12.1 Å². The minimum absolute atomic E-state index is 0.0580. The highest BCUT2D eigenvalue weighted by atomic mass is 16.6. The maximum atomic E-state index is 13.0. The third-order valence-corrected chi connectivity index (χ3v) is 5.38. The van der Waals surface area contributed by atoms with Crippen molar-refractivity contribution in [1.29, 1.82) is 0 Å². The molecule has 0 aromatic heterocycles. The van der Waals surface area contributed by atoms with Crippen LogP contribution in [-0.4, -0.2) is 53.5 Å². The quantitative estimate of drug-likeness (QED) is 0.723. The number of esters is 1. The number of carbonyl (C=O) groups excluding carboxylic acids is 2. The Morgan fingerprint density at radius 1 is 0.966 bits per heavy atom. The molecule has 1 heterocycles. The second kappa shape index (κ2) is 9.54. The van der Waals surface area contributed by atoms with E-state index in [0.29, 0.717) is 5.56 Å². The lowest BCUT2D eigenvalue weighted by Gasteiger charge is -2.30. The largest absolute Gasteiger partial charge is 0.469 e. The average molecular weight is 399 g/mol. The zero-order chi connectivity index (χ0) is 20.8. The van der Waals surface area contributed by atoms with Crippen LogP contribution in [0, 0.1) is 11.8 Å². The predicted molar refractivity (Wildman–Crippen MR) is 105 cm³/mol. The first-order valence-electron chi connectivity index (χ1n) is 9.45. The zero-order valence-corrected chi connectivity index (χ0v) is 16.2. The fourth-order valence-electron chi connectivity index (χ4n) is 4.02. The highest BCUT2D eigenvalue weighted by Gasteiger charge is 2.55. The number of hydrogen-bond donors (Lipinski definition) is 2. The van der Waals surface area contributed by atoms with Crippen molar-refractivity contribution in [3.05, 3.63) is 71.8 Å². The normalized spacial score (nSPS) is 23.6. The molecule has 1 aliphatic rings. The molecule has 154 valence electrons. The van der Waals surface area contributed by atoms with Gasteiger partial charge in [-0.25, -0.2) is 4.79 Å². The maximum absolute atomic E-state index is 13.0. The van der Waals surface area contributed by atoms with Crippen molar-refractivity contribution < 1.29 is 29.3 Å². The molecule has 2 aromatic carbocycles. The lowest BCUT2D eigenvalue weighted by atomic mass is 9.85. The van der Waals surface area contributed by atoms with Crippen LogP contribution in [-0.2, 0) is 20.9 Å². The smallest absolute Gasteiger partial charge is 0.410 e. The highest BCUT2D eigenvalue weighted by molar-refractivity contribution is 5.78. The second-order valence-electron chi connectivity index (χ2n) is 6.95. The van der Waals surface area contributed by atoms with Gasteiger partial charge in [0.2, 0.25) is 0 Å². The van der Waals surface area contributed by atoms with E-state index in [1.165, 1.54) is 12.0 Å². The second-order valence-corrected chi connectivity index (χ2v) is 6.95. The van der Waals surface area contributed by atoms with Crippen molar-refractivity contribution in [3.8, 4) is 0 Å². The molecule has 7 heteroatoms. The van der Waals surface area contributed by atoms with Gasteiger partial charge in [0.15, 0.2) is 0 Å². The SMILES string of the molecule is COC(=O)[C@H]1[C@H](CO)[C@H](CO)N(C(=O)OCc2ccccc2)[C@H]1c1ccccc1. The summed E-state index contributed by atoms with van der Waals surface area (Å²) in [6, 6.07) is 16.8. The van der Waals surface area contributed by atoms with Crippen LogP contribution in [0.4, 0.5) is 4.79 Å². The molecular weight excluding hydrogens is 374 g/mol. The van der Waals surface area contributed by atoms with E-state index in [0.717, 1.165) is 5.56 Å². The molecule has 7 nitrogen and oxygen atoms in total. The molecule has 29 heavy (non-hydrogen) atoms. The number of aliphatic hydroxyl groups excluding tert-OH is 2. The third kappa shape index (κ3) is 4.26. The maximum Gasteiger partial charge on any atom is 0.410 e. The van der Waals surface area contributed by atoms with Crippen molar-refractivity contribution in [3.63, 3.8) is 0 Å². The highest BCUT2D eigenvalue weighted by Crippen LogP contribution is 2.45. The van der Waals surface area contributed by atoms with Gasteiger partial charge in [-0.2, -0.15) is 0 Å². The number of carbonyl (C=O) groups is 2. The molecule has 2 N–H and O–H groups in total. The summed E-state index contributed by atoms with van der Waals surface area (Å²) in [5, 5.41) is 20.0. The minimum Gasteiger partial charge on any atom is -0.469 e. The van der Waals surface area contributed by atoms with Gasteiger partial charge in [-0.3, -0.25) is 9.69 Å². The lowest BCUT2D eigenvalue weighted by Crippen LogP contribution is -2.42. The van der Waals surface area contributed by atoms with E-state index >= 15 is 0 Å². The number of hydrogen-bond acceptors (Lipinski definition) is 6. The molecule has 3 rings (SSSR count). The molecular formula is C22H25NO6. The van der Waals surface area contributed by atoms with Crippen LogP contribution in [0.3, 0.4) is 0 Å². The molecule has 0 saturated carbocycles. The lowest BCUT2D eigenvalue weighted by molar-refractivity contribution is -0.148. The molecule has 4 atom stereocenters. The monoisotopic (exact) mass is 399 g/mol. The number of rotatable bonds is 6. The van der Waals surface area contributed by atoms with Crippen molar-refractivity contribution in [1.82, 2.24) is 4.90 Å². The van der Waals surface area contributed by atoms with Gasteiger partial charge in [-0.1, -0.05) is 60.7 Å². The van der Waals surface area contributed by atoms with E-state index in [2.05, 4.69) is 0 Å². The summed E-state index contributed by atoms with van der Waals surface area (Å²) in [6.45, 7) is -0.734. The average Bonchev–Trinajstić information content (AvgIpc) is 3.12. The fourth-order valence-corrected chi connectivity index (χ4v) is 4.02. The van der Waals surface area contributed by atoms with Crippen LogP contribution < -0.4 is 0 Å². The number of nitrogens with zero attached hydrogens (tertiary/aromatic N) is 1. The van der Waals surface area contributed by atoms with Crippen molar-refractivity contribution in [2.24, 2.45) is 11.8 Å². The van der Waals surface area contributed by atoms with E-state index in [-0.39, 0.29) is 13.2 Å². The predicted octanol–water partition coefficient (Wildman–Crippen LogP) is 2.14. The molecule has 1 aliphatic heterocycles. The Morgan fingerprint density at radius 2 is 1.59 bits per heavy atom. The summed E-state index contributed by atoms with van der Waals surface area (Å²) in [6.07, 6.45) is -0.661. The molecule has 0 aliphatic carbocycles. The number of ether oxygens (including phenoxy) is 2. The molecule has 1 saturated heterocycles. The van der Waals surface area contributed by atoms with Crippen molar-refractivity contribution in [2.75, 3.05) is 20.3 Å². The van der Waals surface area contributed by atoms with Crippen LogP contribution in [0.25, 0.3) is 0 Å². The summed E-state index contributed by atoms with van der Waals surface area (Å²) in [5.74, 6) is -2.05. The summed E-state index contributed by atoms with van der Waals surface area (Å²) >= 11 is 0. The Morgan fingerprint density at radius 3 is 2.14 bits per heavy atom. The van der Waals surface area contributed by atoms with Crippen molar-refractivity contribution >= 4 is 12.1 Å². The molecule has 0 spiro atoms. The Bertz CT molecular complexity index is 813.